The van der Waals surface area contributed by atoms with Crippen molar-refractivity contribution in [2.75, 3.05) is 18.4 Å². The number of hydrogen-bond donors (Lipinski definition) is 2. The van der Waals surface area contributed by atoms with Crippen LogP contribution >= 0.6 is 0 Å². The van der Waals surface area contributed by atoms with E-state index < -0.39 is 0 Å². The van der Waals surface area contributed by atoms with E-state index in [1.165, 1.54) is 22.0 Å². The van der Waals surface area contributed by atoms with Gasteiger partial charge in [0.2, 0.25) is 5.91 Å². The van der Waals surface area contributed by atoms with Crippen LogP contribution in [0.3, 0.4) is 0 Å². The number of amides is 1. The summed E-state index contributed by atoms with van der Waals surface area (Å²) in [5, 5.41) is 4.31. The average molecular weight is 361 g/mol. The number of H-pyrrole nitrogens is 1. The second-order valence-corrected chi connectivity index (χ2v) is 7.56. The van der Waals surface area contributed by atoms with Gasteiger partial charge in [0, 0.05) is 48.0 Å². The van der Waals surface area contributed by atoms with Crippen molar-refractivity contribution in [3.8, 4) is 0 Å². The van der Waals surface area contributed by atoms with Crippen LogP contribution in [0, 0.1) is 5.92 Å². The van der Waals surface area contributed by atoms with E-state index in [-0.39, 0.29) is 11.8 Å². The summed E-state index contributed by atoms with van der Waals surface area (Å²) in [7, 11) is 0. The molecule has 0 unspecified atom stereocenters. The van der Waals surface area contributed by atoms with Crippen LogP contribution in [0.1, 0.15) is 30.4 Å². The van der Waals surface area contributed by atoms with Crippen molar-refractivity contribution in [2.45, 2.75) is 31.7 Å². The number of nitrogens with one attached hydrogen (secondary N) is 2. The number of carbonyl (C=O) groups is 1. The number of anilines is 1. The van der Waals surface area contributed by atoms with Crippen LogP contribution < -0.4 is 5.32 Å². The molecular weight excluding hydrogens is 338 g/mol. The maximum Gasteiger partial charge on any atom is 0.229 e. The second kappa shape index (κ2) is 6.46. The van der Waals surface area contributed by atoms with Crippen LogP contribution in [0.15, 0.2) is 43.0 Å². The Kier molecular flexibility index (Phi) is 3.93. The first kappa shape index (κ1) is 16.4. The van der Waals surface area contributed by atoms with E-state index in [1.54, 1.807) is 18.6 Å². The first-order valence-electron chi connectivity index (χ1n) is 9.64. The lowest BCUT2D eigenvalue weighted by Crippen LogP contribution is -2.52. The van der Waals surface area contributed by atoms with Gasteiger partial charge in [0.05, 0.1) is 12.1 Å². The Hall–Kier alpha value is -2.73. The summed E-state index contributed by atoms with van der Waals surface area (Å²) in [5.41, 5.74) is 3.99. The Morgan fingerprint density at radius 1 is 1.37 bits per heavy atom. The number of likely N-dealkylation sites (N-methyl/N-ethyl adjacent to an activating group) is 1. The number of benzene rings is 1. The van der Waals surface area contributed by atoms with Gasteiger partial charge >= 0.3 is 0 Å². The lowest BCUT2D eigenvalue weighted by atomic mass is 9.72. The number of aromatic nitrogens is 3. The number of hydrogen-bond acceptors (Lipinski definition) is 4. The van der Waals surface area contributed by atoms with Crippen molar-refractivity contribution < 1.29 is 4.79 Å². The van der Waals surface area contributed by atoms with Crippen LogP contribution in [0.4, 0.5) is 5.82 Å². The maximum absolute atomic E-state index is 12.9. The summed E-state index contributed by atoms with van der Waals surface area (Å²) in [6.07, 6.45) is 8.88. The summed E-state index contributed by atoms with van der Waals surface area (Å²) in [5.74, 6) is 0.887. The van der Waals surface area contributed by atoms with Crippen LogP contribution in [-0.4, -0.2) is 44.9 Å². The molecular formula is C21H23N5O. The minimum absolute atomic E-state index is 0.0411. The standard InChI is InChI=1S/C21H23N5O/c1-2-26-12-14(21(27)25-19-11-22-6-7-23-19)8-16-15-4-3-5-17-20(15)13(10-24-17)9-18(16)26/h3-7,10-11,14,16,18,24H,2,8-9,12H2,1H3,(H,23,25,27)/t14-,16-,18-/m1/s1. The highest BCUT2D eigenvalue weighted by atomic mass is 16.2. The van der Waals surface area contributed by atoms with E-state index >= 15 is 0 Å². The van der Waals surface area contributed by atoms with Crippen molar-refractivity contribution in [1.29, 1.82) is 0 Å². The Morgan fingerprint density at radius 3 is 3.11 bits per heavy atom. The fourth-order valence-corrected chi connectivity index (χ4v) is 4.94. The van der Waals surface area contributed by atoms with Crippen molar-refractivity contribution in [3.05, 3.63) is 54.1 Å². The molecule has 1 saturated heterocycles. The summed E-state index contributed by atoms with van der Waals surface area (Å²) in [6.45, 7) is 3.93. The number of rotatable bonds is 3. The predicted octanol–water partition coefficient (Wildman–Crippen LogP) is 2.95. The highest BCUT2D eigenvalue weighted by Crippen LogP contribution is 2.44. The predicted molar refractivity (Wildman–Crippen MR) is 105 cm³/mol. The lowest BCUT2D eigenvalue weighted by molar-refractivity contribution is -0.122. The Balaban J connectivity index is 1.46. The third kappa shape index (κ3) is 2.72. The first-order valence-corrected chi connectivity index (χ1v) is 9.64. The van der Waals surface area contributed by atoms with Crippen LogP contribution in [0.25, 0.3) is 10.9 Å². The highest BCUT2D eigenvalue weighted by Gasteiger charge is 2.42. The van der Waals surface area contributed by atoms with Crippen molar-refractivity contribution in [1.82, 2.24) is 19.9 Å². The molecule has 1 aromatic carbocycles. The molecule has 0 bridgehead atoms. The average Bonchev–Trinajstić information content (AvgIpc) is 3.12. The van der Waals surface area contributed by atoms with Gasteiger partial charge in [-0.3, -0.25) is 14.7 Å². The molecule has 3 atom stereocenters. The fraction of sp³-hybridized carbons (Fsp3) is 0.381. The highest BCUT2D eigenvalue weighted by molar-refractivity contribution is 5.92. The molecule has 1 fully saturated rings. The number of nitrogens with zero attached hydrogens (tertiary/aromatic N) is 3. The van der Waals surface area contributed by atoms with Gasteiger partial charge in [-0.15, -0.1) is 0 Å². The topological polar surface area (TPSA) is 73.9 Å². The van der Waals surface area contributed by atoms with Gasteiger partial charge in [-0.2, -0.15) is 0 Å². The van der Waals surface area contributed by atoms with E-state index in [1.807, 2.05) is 0 Å². The molecule has 0 spiro atoms. The summed E-state index contributed by atoms with van der Waals surface area (Å²) >= 11 is 0. The molecule has 138 valence electrons. The van der Waals surface area contributed by atoms with Gasteiger partial charge in [-0.05, 0) is 36.6 Å². The molecule has 0 saturated carbocycles. The molecule has 2 aromatic heterocycles. The quantitative estimate of drug-likeness (QED) is 0.752. The van der Waals surface area contributed by atoms with Gasteiger partial charge in [0.25, 0.3) is 0 Å². The zero-order chi connectivity index (χ0) is 18.4. The third-order valence-electron chi connectivity index (χ3n) is 6.17. The van der Waals surface area contributed by atoms with Gasteiger partial charge < -0.3 is 10.3 Å². The van der Waals surface area contributed by atoms with E-state index in [0.29, 0.717) is 17.8 Å². The zero-order valence-electron chi connectivity index (χ0n) is 15.4. The normalized spacial score (nSPS) is 24.6. The van der Waals surface area contributed by atoms with Gasteiger partial charge in [-0.25, -0.2) is 4.98 Å². The zero-order valence-corrected chi connectivity index (χ0v) is 15.4. The van der Waals surface area contributed by atoms with Crippen molar-refractivity contribution >= 4 is 22.6 Å². The number of piperidine rings is 1. The maximum atomic E-state index is 12.9. The molecule has 3 aromatic rings. The number of aromatic amines is 1. The molecule has 1 aliphatic heterocycles. The molecule has 3 heterocycles. The number of likely N-dealkylation sites (tertiary alicyclic amines) is 1. The van der Waals surface area contributed by atoms with E-state index in [2.05, 4.69) is 56.5 Å². The SMILES string of the molecule is CCN1C[C@H](C(=O)Nc2cnccn2)C[C@@H]2c3cccc4[nH]cc(c34)C[C@H]21. The summed E-state index contributed by atoms with van der Waals surface area (Å²) in [6, 6.07) is 6.97. The molecule has 5 rings (SSSR count). The number of fused-ring (bicyclic) bond motifs is 2. The molecule has 27 heavy (non-hydrogen) atoms. The smallest absolute Gasteiger partial charge is 0.229 e. The van der Waals surface area contributed by atoms with Gasteiger partial charge in [0.1, 0.15) is 0 Å². The molecule has 0 radical (unpaired) electrons. The second-order valence-electron chi connectivity index (χ2n) is 7.56. The van der Waals surface area contributed by atoms with Crippen LogP contribution in [0.5, 0.6) is 0 Å². The molecule has 2 N–H and O–H groups in total. The third-order valence-corrected chi connectivity index (χ3v) is 6.17. The van der Waals surface area contributed by atoms with Crippen LogP contribution in [-0.2, 0) is 11.2 Å². The molecule has 1 aliphatic carbocycles. The van der Waals surface area contributed by atoms with Crippen molar-refractivity contribution in [3.63, 3.8) is 0 Å². The van der Waals surface area contributed by atoms with Gasteiger partial charge in [-0.1, -0.05) is 19.1 Å². The largest absolute Gasteiger partial charge is 0.361 e. The van der Waals surface area contributed by atoms with E-state index in [0.717, 1.165) is 25.9 Å². The summed E-state index contributed by atoms with van der Waals surface area (Å²) in [4.78, 5) is 27.0. The Bertz CT molecular complexity index is 983. The minimum Gasteiger partial charge on any atom is -0.361 e. The van der Waals surface area contributed by atoms with E-state index in [4.69, 9.17) is 0 Å². The minimum atomic E-state index is -0.0519. The van der Waals surface area contributed by atoms with Gasteiger partial charge in [0.15, 0.2) is 5.82 Å². The fourth-order valence-electron chi connectivity index (χ4n) is 4.94. The van der Waals surface area contributed by atoms with Crippen LogP contribution in [0.2, 0.25) is 0 Å². The Morgan fingerprint density at radius 2 is 2.30 bits per heavy atom. The van der Waals surface area contributed by atoms with E-state index in [9.17, 15) is 4.79 Å². The molecule has 2 aliphatic rings. The molecule has 6 nitrogen and oxygen atoms in total. The first-order chi connectivity index (χ1) is 13.2. The van der Waals surface area contributed by atoms with Crippen molar-refractivity contribution in [2.24, 2.45) is 5.92 Å². The molecule has 1 amide bonds. The Labute approximate surface area is 158 Å². The summed E-state index contributed by atoms with van der Waals surface area (Å²) < 4.78 is 0. The monoisotopic (exact) mass is 361 g/mol. The molecule has 6 heteroatoms. The lowest BCUT2D eigenvalue weighted by Gasteiger charge is -2.46. The number of carbonyl (C=O) groups excluding carboxylic acids is 1.